The first-order chi connectivity index (χ1) is 11.7. The minimum atomic E-state index is -0.444. The van der Waals surface area contributed by atoms with Crippen LogP contribution in [0.3, 0.4) is 0 Å². The molecule has 0 aromatic rings. The molecule has 6 heteroatoms. The van der Waals surface area contributed by atoms with Crippen LogP contribution in [0, 0.1) is 11.8 Å². The average Bonchev–Trinajstić information content (AvgIpc) is 3.23. The second-order valence-corrected chi connectivity index (χ2v) is 6.55. The maximum absolute atomic E-state index is 12.3. The number of hydrogen-bond donors (Lipinski definition) is 0. The number of rotatable bonds is 0. The van der Waals surface area contributed by atoms with Crippen molar-refractivity contribution in [1.29, 1.82) is 0 Å². The van der Waals surface area contributed by atoms with Gasteiger partial charge in [0.2, 0.25) is 0 Å². The fourth-order valence-electron chi connectivity index (χ4n) is 3.92. The largest absolute Gasteiger partial charge is 0.366 e. The molecule has 2 heterocycles. The Bertz CT molecular complexity index is 657. The zero-order valence-corrected chi connectivity index (χ0v) is 13.5. The smallest absolute Gasteiger partial charge is 0.295 e. The summed E-state index contributed by atoms with van der Waals surface area (Å²) in [5.74, 6) is 0.784. The minimum Gasteiger partial charge on any atom is -0.295 e. The molecule has 2 fully saturated rings. The van der Waals surface area contributed by atoms with Crippen LogP contribution in [0.4, 0.5) is 9.59 Å². The lowest BCUT2D eigenvalue weighted by Crippen LogP contribution is -2.26. The van der Waals surface area contributed by atoms with Gasteiger partial charge in [-0.25, -0.2) is 9.59 Å². The van der Waals surface area contributed by atoms with E-state index in [2.05, 4.69) is 22.4 Å². The molecule has 2 aliphatic heterocycles. The van der Waals surface area contributed by atoms with Crippen molar-refractivity contribution in [2.75, 3.05) is 13.1 Å². The highest BCUT2D eigenvalue weighted by Crippen LogP contribution is 2.35. The monoisotopic (exact) mass is 324 g/mol. The Balaban J connectivity index is 1.43. The van der Waals surface area contributed by atoms with Gasteiger partial charge in [-0.1, -0.05) is 34.5 Å². The van der Waals surface area contributed by atoms with Crippen molar-refractivity contribution in [3.63, 3.8) is 0 Å². The van der Waals surface area contributed by atoms with E-state index in [0.29, 0.717) is 24.9 Å². The fourth-order valence-corrected chi connectivity index (χ4v) is 3.92. The molecule has 2 unspecified atom stereocenters. The minimum absolute atomic E-state index is 0.392. The summed E-state index contributed by atoms with van der Waals surface area (Å²) in [5, 5.41) is 7.38. The highest BCUT2D eigenvalue weighted by atomic mass is 16.2. The van der Waals surface area contributed by atoms with Crippen molar-refractivity contribution in [1.82, 2.24) is 9.80 Å². The molecule has 4 rings (SSSR count). The molecule has 2 aliphatic carbocycles. The summed E-state index contributed by atoms with van der Waals surface area (Å²) < 4.78 is 0. The topological polar surface area (TPSA) is 65.3 Å². The van der Waals surface area contributed by atoms with E-state index in [1.54, 1.807) is 9.80 Å². The Morgan fingerprint density at radius 3 is 1.75 bits per heavy atom. The lowest BCUT2D eigenvalue weighted by Gasteiger charge is -2.20. The highest BCUT2D eigenvalue weighted by molar-refractivity contribution is 5.82. The van der Waals surface area contributed by atoms with E-state index in [1.165, 1.54) is 0 Å². The van der Waals surface area contributed by atoms with Crippen molar-refractivity contribution in [3.8, 4) is 0 Å². The summed E-state index contributed by atoms with van der Waals surface area (Å²) in [6, 6.07) is -0.888. The number of azo groups is 1. The standard InChI is InChI=1S/C18H20N4O2/c23-17(21-11-9-13-5-1-3-7-15(13)21)19-20-18(24)22-12-10-14-6-2-4-8-16(14)22/h1-4,7-8,13-14H,5-6,9-12H2. The molecule has 4 aliphatic rings. The molecule has 0 aromatic carbocycles. The van der Waals surface area contributed by atoms with Crippen LogP contribution in [0.1, 0.15) is 25.7 Å². The Labute approximate surface area is 140 Å². The quantitative estimate of drug-likeness (QED) is 0.632. The van der Waals surface area contributed by atoms with Crippen LogP contribution < -0.4 is 0 Å². The summed E-state index contributed by atoms with van der Waals surface area (Å²) in [7, 11) is 0. The van der Waals surface area contributed by atoms with E-state index in [4.69, 9.17) is 0 Å². The number of carbonyl (C=O) groups is 2. The maximum atomic E-state index is 12.3. The van der Waals surface area contributed by atoms with Crippen LogP contribution in [0.25, 0.3) is 0 Å². The third-order valence-corrected chi connectivity index (χ3v) is 5.19. The number of urea groups is 2. The van der Waals surface area contributed by atoms with Crippen LogP contribution in [0.15, 0.2) is 58.1 Å². The van der Waals surface area contributed by atoms with E-state index in [1.807, 2.05) is 24.3 Å². The normalized spacial score (nSPS) is 28.0. The molecular formula is C18H20N4O2. The molecule has 0 spiro atoms. The van der Waals surface area contributed by atoms with Crippen LogP contribution in [-0.4, -0.2) is 35.0 Å². The van der Waals surface area contributed by atoms with Gasteiger partial charge in [0.25, 0.3) is 0 Å². The van der Waals surface area contributed by atoms with Gasteiger partial charge in [-0.3, -0.25) is 9.80 Å². The molecule has 0 aromatic heterocycles. The van der Waals surface area contributed by atoms with Gasteiger partial charge >= 0.3 is 12.1 Å². The van der Waals surface area contributed by atoms with Gasteiger partial charge in [0.05, 0.1) is 0 Å². The number of fused-ring (bicyclic) bond motifs is 2. The Morgan fingerprint density at radius 2 is 1.29 bits per heavy atom. The van der Waals surface area contributed by atoms with E-state index in [0.717, 1.165) is 37.1 Å². The predicted octanol–water partition coefficient (Wildman–Crippen LogP) is 4.01. The number of nitrogens with zero attached hydrogens (tertiary/aromatic N) is 4. The second-order valence-electron chi connectivity index (χ2n) is 6.55. The Kier molecular flexibility index (Phi) is 3.88. The molecule has 124 valence electrons. The molecule has 24 heavy (non-hydrogen) atoms. The molecule has 4 amide bonds. The SMILES string of the molecule is O=C(N=NC(=O)N1CCC2CC=CC=C21)N1CCC2CC=CC=C21. The molecule has 0 N–H and O–H groups in total. The molecule has 2 atom stereocenters. The molecule has 0 radical (unpaired) electrons. The van der Waals surface area contributed by atoms with Crippen LogP contribution in [-0.2, 0) is 0 Å². The highest BCUT2D eigenvalue weighted by Gasteiger charge is 2.34. The van der Waals surface area contributed by atoms with Gasteiger partial charge in [0.15, 0.2) is 0 Å². The predicted molar refractivity (Wildman–Crippen MR) is 89.0 cm³/mol. The lowest BCUT2D eigenvalue weighted by atomic mass is 9.97. The van der Waals surface area contributed by atoms with Gasteiger partial charge in [-0.05, 0) is 37.8 Å². The van der Waals surface area contributed by atoms with E-state index >= 15 is 0 Å². The Hall–Kier alpha value is -2.50. The zero-order valence-electron chi connectivity index (χ0n) is 13.5. The van der Waals surface area contributed by atoms with Crippen LogP contribution >= 0.6 is 0 Å². The number of likely N-dealkylation sites (tertiary alicyclic amines) is 2. The maximum Gasteiger partial charge on any atom is 0.366 e. The number of carbonyl (C=O) groups excluding carboxylic acids is 2. The summed E-state index contributed by atoms with van der Waals surface area (Å²) >= 11 is 0. The van der Waals surface area contributed by atoms with Crippen molar-refractivity contribution in [2.24, 2.45) is 22.1 Å². The summed E-state index contributed by atoms with van der Waals surface area (Å²) in [5.41, 5.74) is 1.99. The first-order valence-corrected chi connectivity index (χ1v) is 8.52. The van der Waals surface area contributed by atoms with E-state index in [9.17, 15) is 9.59 Å². The third kappa shape index (κ3) is 2.62. The zero-order chi connectivity index (χ0) is 16.5. The number of hydrogen-bond acceptors (Lipinski definition) is 2. The first kappa shape index (κ1) is 15.1. The van der Waals surface area contributed by atoms with Crippen molar-refractivity contribution < 1.29 is 9.59 Å². The molecular weight excluding hydrogens is 304 g/mol. The van der Waals surface area contributed by atoms with Gasteiger partial charge in [-0.15, -0.1) is 0 Å². The van der Waals surface area contributed by atoms with Gasteiger partial charge < -0.3 is 0 Å². The fraction of sp³-hybridized carbons (Fsp3) is 0.444. The Morgan fingerprint density at radius 1 is 0.833 bits per heavy atom. The van der Waals surface area contributed by atoms with Crippen molar-refractivity contribution in [2.45, 2.75) is 25.7 Å². The van der Waals surface area contributed by atoms with Crippen molar-refractivity contribution >= 4 is 12.1 Å². The molecule has 0 bridgehead atoms. The third-order valence-electron chi connectivity index (χ3n) is 5.19. The second kappa shape index (κ2) is 6.19. The summed E-state index contributed by atoms with van der Waals surface area (Å²) in [4.78, 5) is 27.9. The van der Waals surface area contributed by atoms with E-state index < -0.39 is 12.1 Å². The summed E-state index contributed by atoms with van der Waals surface area (Å²) in [6.45, 7) is 1.29. The van der Waals surface area contributed by atoms with Crippen molar-refractivity contribution in [3.05, 3.63) is 47.9 Å². The first-order valence-electron chi connectivity index (χ1n) is 8.52. The average molecular weight is 324 g/mol. The van der Waals surface area contributed by atoms with Gasteiger partial charge in [0, 0.05) is 36.3 Å². The van der Waals surface area contributed by atoms with Crippen LogP contribution in [0.5, 0.6) is 0 Å². The van der Waals surface area contributed by atoms with E-state index in [-0.39, 0.29) is 0 Å². The van der Waals surface area contributed by atoms with Crippen LogP contribution in [0.2, 0.25) is 0 Å². The van der Waals surface area contributed by atoms with Gasteiger partial charge in [-0.2, -0.15) is 0 Å². The number of amides is 4. The molecule has 0 saturated carbocycles. The lowest BCUT2D eigenvalue weighted by molar-refractivity contribution is 0.216. The number of allylic oxidation sites excluding steroid dienone is 8. The molecule has 2 saturated heterocycles. The summed E-state index contributed by atoms with van der Waals surface area (Å²) in [6.07, 6.45) is 15.9. The molecule has 6 nitrogen and oxygen atoms in total. The van der Waals surface area contributed by atoms with Gasteiger partial charge in [0.1, 0.15) is 0 Å².